The van der Waals surface area contributed by atoms with Gasteiger partial charge < -0.3 is 5.32 Å². The van der Waals surface area contributed by atoms with Crippen LogP contribution < -0.4 is 5.32 Å². The minimum atomic E-state index is 0.401. The van der Waals surface area contributed by atoms with Crippen molar-refractivity contribution in [2.45, 2.75) is 65.5 Å². The fourth-order valence-electron chi connectivity index (χ4n) is 3.52. The highest BCUT2D eigenvalue weighted by molar-refractivity contribution is 5.20. The van der Waals surface area contributed by atoms with Crippen LogP contribution in [-0.2, 0) is 7.05 Å². The molecule has 1 N–H and O–H groups in total. The van der Waals surface area contributed by atoms with Crippen molar-refractivity contribution in [3.63, 3.8) is 0 Å². The van der Waals surface area contributed by atoms with E-state index in [1.807, 2.05) is 17.9 Å². The third-order valence-corrected chi connectivity index (χ3v) is 4.88. The molecule has 108 valence electrons. The SMILES string of the molecule is Cc1c(C(C)NC2CCCCC2C(C)C)cnn1C. The Bertz CT molecular complexity index is 408. The van der Waals surface area contributed by atoms with Gasteiger partial charge in [-0.2, -0.15) is 5.10 Å². The summed E-state index contributed by atoms with van der Waals surface area (Å²) in [5.74, 6) is 1.60. The van der Waals surface area contributed by atoms with Gasteiger partial charge in [-0.15, -0.1) is 0 Å². The largest absolute Gasteiger partial charge is 0.307 e. The molecule has 3 heteroatoms. The third-order valence-electron chi connectivity index (χ3n) is 4.88. The average molecular weight is 263 g/mol. The molecule has 1 aliphatic rings. The number of nitrogens with one attached hydrogen (secondary N) is 1. The molecule has 0 radical (unpaired) electrons. The zero-order chi connectivity index (χ0) is 14.0. The first-order valence-corrected chi connectivity index (χ1v) is 7.75. The Balaban J connectivity index is 2.04. The summed E-state index contributed by atoms with van der Waals surface area (Å²) in [5.41, 5.74) is 2.62. The smallest absolute Gasteiger partial charge is 0.0540 e. The van der Waals surface area contributed by atoms with Crippen molar-refractivity contribution in [2.24, 2.45) is 18.9 Å². The van der Waals surface area contributed by atoms with Gasteiger partial charge in [0, 0.05) is 30.4 Å². The fraction of sp³-hybridized carbons (Fsp3) is 0.812. The van der Waals surface area contributed by atoms with Crippen LogP contribution in [0.15, 0.2) is 6.20 Å². The van der Waals surface area contributed by atoms with Crippen LogP contribution in [-0.4, -0.2) is 15.8 Å². The van der Waals surface area contributed by atoms with E-state index >= 15 is 0 Å². The molecule has 2 rings (SSSR count). The molecule has 3 atom stereocenters. The molecule has 0 aliphatic heterocycles. The maximum atomic E-state index is 4.36. The van der Waals surface area contributed by atoms with E-state index in [2.05, 4.69) is 38.1 Å². The Labute approximate surface area is 117 Å². The van der Waals surface area contributed by atoms with Crippen molar-refractivity contribution in [3.8, 4) is 0 Å². The van der Waals surface area contributed by atoms with E-state index in [0.717, 1.165) is 11.8 Å². The van der Waals surface area contributed by atoms with Crippen LogP contribution in [0.2, 0.25) is 0 Å². The second-order valence-electron chi connectivity index (χ2n) is 6.50. The number of aromatic nitrogens is 2. The number of nitrogens with zero attached hydrogens (tertiary/aromatic N) is 2. The summed E-state index contributed by atoms with van der Waals surface area (Å²) in [6, 6.07) is 1.07. The van der Waals surface area contributed by atoms with Gasteiger partial charge in [0.2, 0.25) is 0 Å². The molecule has 1 aromatic heterocycles. The highest BCUT2D eigenvalue weighted by Crippen LogP contribution is 2.32. The van der Waals surface area contributed by atoms with E-state index in [-0.39, 0.29) is 0 Å². The predicted octanol–water partition coefficient (Wildman–Crippen LogP) is 3.59. The third kappa shape index (κ3) is 3.19. The van der Waals surface area contributed by atoms with Crippen LogP contribution >= 0.6 is 0 Å². The van der Waals surface area contributed by atoms with Crippen LogP contribution in [0.3, 0.4) is 0 Å². The molecule has 3 unspecified atom stereocenters. The summed E-state index contributed by atoms with van der Waals surface area (Å²) in [4.78, 5) is 0. The normalized spacial score (nSPS) is 25.8. The van der Waals surface area contributed by atoms with Crippen molar-refractivity contribution in [2.75, 3.05) is 0 Å². The van der Waals surface area contributed by atoms with Crippen molar-refractivity contribution in [1.29, 1.82) is 0 Å². The molecule has 1 aromatic rings. The molecule has 3 nitrogen and oxygen atoms in total. The monoisotopic (exact) mass is 263 g/mol. The second kappa shape index (κ2) is 6.08. The van der Waals surface area contributed by atoms with Crippen LogP contribution in [0.4, 0.5) is 0 Å². The number of hydrogen-bond donors (Lipinski definition) is 1. The lowest BCUT2D eigenvalue weighted by molar-refractivity contribution is 0.194. The van der Waals surface area contributed by atoms with Gasteiger partial charge in [-0.05, 0) is 38.5 Å². The van der Waals surface area contributed by atoms with Gasteiger partial charge in [-0.1, -0.05) is 26.7 Å². The molecule has 0 bridgehead atoms. The topological polar surface area (TPSA) is 29.9 Å². The van der Waals surface area contributed by atoms with E-state index in [1.54, 1.807) is 0 Å². The summed E-state index contributed by atoms with van der Waals surface area (Å²) in [7, 11) is 2.02. The first-order valence-electron chi connectivity index (χ1n) is 7.75. The van der Waals surface area contributed by atoms with Crippen LogP contribution in [0.5, 0.6) is 0 Å². The molecule has 0 aromatic carbocycles. The molecule has 19 heavy (non-hydrogen) atoms. The molecule has 0 amide bonds. The zero-order valence-electron chi connectivity index (χ0n) is 13.1. The van der Waals surface area contributed by atoms with E-state index in [9.17, 15) is 0 Å². The van der Waals surface area contributed by atoms with Gasteiger partial charge in [0.15, 0.2) is 0 Å². The molecular weight excluding hydrogens is 234 g/mol. The highest BCUT2D eigenvalue weighted by atomic mass is 15.3. The van der Waals surface area contributed by atoms with Gasteiger partial charge >= 0.3 is 0 Å². The van der Waals surface area contributed by atoms with Gasteiger partial charge in [0.05, 0.1) is 6.20 Å². The van der Waals surface area contributed by atoms with Crippen molar-refractivity contribution >= 4 is 0 Å². The predicted molar refractivity (Wildman–Crippen MR) is 80.1 cm³/mol. The fourth-order valence-corrected chi connectivity index (χ4v) is 3.52. The molecule has 1 aliphatic carbocycles. The Hall–Kier alpha value is -0.830. The first-order chi connectivity index (χ1) is 9.00. The van der Waals surface area contributed by atoms with E-state index in [1.165, 1.54) is 36.9 Å². The van der Waals surface area contributed by atoms with Crippen molar-refractivity contribution in [1.82, 2.24) is 15.1 Å². The van der Waals surface area contributed by atoms with Crippen molar-refractivity contribution in [3.05, 3.63) is 17.5 Å². The number of aryl methyl sites for hydroxylation is 1. The zero-order valence-corrected chi connectivity index (χ0v) is 13.1. The van der Waals surface area contributed by atoms with E-state index in [0.29, 0.717) is 12.1 Å². The van der Waals surface area contributed by atoms with Crippen LogP contribution in [0.1, 0.15) is 63.8 Å². The standard InChI is InChI=1S/C16H29N3/c1-11(2)14-8-6-7-9-16(14)18-12(3)15-10-17-19(5)13(15)4/h10-12,14,16,18H,6-9H2,1-5H3. The summed E-state index contributed by atoms with van der Waals surface area (Å²) in [6.45, 7) is 9.16. The highest BCUT2D eigenvalue weighted by Gasteiger charge is 2.29. The van der Waals surface area contributed by atoms with E-state index in [4.69, 9.17) is 0 Å². The molecule has 1 heterocycles. The minimum Gasteiger partial charge on any atom is -0.307 e. The average Bonchev–Trinajstić information content (AvgIpc) is 2.70. The summed E-state index contributed by atoms with van der Waals surface area (Å²) >= 11 is 0. The summed E-state index contributed by atoms with van der Waals surface area (Å²) < 4.78 is 1.97. The Kier molecular flexibility index (Phi) is 4.67. The minimum absolute atomic E-state index is 0.401. The molecule has 0 saturated heterocycles. The van der Waals surface area contributed by atoms with Gasteiger partial charge in [-0.25, -0.2) is 0 Å². The van der Waals surface area contributed by atoms with Gasteiger partial charge in [0.1, 0.15) is 0 Å². The lowest BCUT2D eigenvalue weighted by atomic mass is 9.77. The van der Waals surface area contributed by atoms with Crippen LogP contribution in [0, 0.1) is 18.8 Å². The molecule has 1 fully saturated rings. The summed E-state index contributed by atoms with van der Waals surface area (Å²) in [6.07, 6.45) is 7.50. The maximum Gasteiger partial charge on any atom is 0.0540 e. The lowest BCUT2D eigenvalue weighted by Gasteiger charge is -2.36. The Morgan fingerprint density at radius 3 is 2.53 bits per heavy atom. The number of rotatable bonds is 4. The molecular formula is C16H29N3. The summed E-state index contributed by atoms with van der Waals surface area (Å²) in [5, 5.41) is 8.23. The quantitative estimate of drug-likeness (QED) is 0.899. The van der Waals surface area contributed by atoms with Gasteiger partial charge in [0.25, 0.3) is 0 Å². The second-order valence-corrected chi connectivity index (χ2v) is 6.50. The first kappa shape index (κ1) is 14.6. The molecule has 1 saturated carbocycles. The van der Waals surface area contributed by atoms with Crippen molar-refractivity contribution < 1.29 is 0 Å². The Morgan fingerprint density at radius 1 is 1.26 bits per heavy atom. The Morgan fingerprint density at radius 2 is 1.95 bits per heavy atom. The van der Waals surface area contributed by atoms with Crippen LogP contribution in [0.25, 0.3) is 0 Å². The van der Waals surface area contributed by atoms with Gasteiger partial charge in [-0.3, -0.25) is 4.68 Å². The lowest BCUT2D eigenvalue weighted by Crippen LogP contribution is -2.42. The molecule has 0 spiro atoms. The van der Waals surface area contributed by atoms with E-state index < -0.39 is 0 Å². The number of hydrogen-bond acceptors (Lipinski definition) is 2. The maximum absolute atomic E-state index is 4.36.